The van der Waals surface area contributed by atoms with Crippen molar-refractivity contribution in [2.45, 2.75) is 33.2 Å². The van der Waals surface area contributed by atoms with E-state index in [2.05, 4.69) is 6.92 Å². The number of para-hydroxylation sites is 1. The van der Waals surface area contributed by atoms with Gasteiger partial charge in [-0.15, -0.1) is 0 Å². The molecule has 0 aliphatic carbocycles. The molecule has 154 valence electrons. The third kappa shape index (κ3) is 5.35. The Bertz CT molecular complexity index is 953. The monoisotopic (exact) mass is 400 g/mol. The minimum Gasteiger partial charge on any atom is -0.320 e. The Kier molecular flexibility index (Phi) is 7.39. The minimum atomic E-state index is -0.0749. The first kappa shape index (κ1) is 21.3. The third-order valence-corrected chi connectivity index (χ3v) is 5.01. The molecule has 0 bridgehead atoms. The zero-order chi connectivity index (χ0) is 21.3. The molecule has 0 aliphatic heterocycles. The van der Waals surface area contributed by atoms with E-state index in [1.54, 1.807) is 24.0 Å². The van der Waals surface area contributed by atoms with Gasteiger partial charge in [-0.2, -0.15) is 0 Å². The van der Waals surface area contributed by atoms with Gasteiger partial charge in [-0.3, -0.25) is 9.69 Å². The van der Waals surface area contributed by atoms with Crippen molar-refractivity contribution in [3.8, 4) is 0 Å². The molecule has 0 atom stereocenters. The number of ketones is 1. The largest absolute Gasteiger partial charge is 0.329 e. The standard InChI is InChI=1S/C26H28N2O2/c1-3-4-19-27(20-22-11-7-5-8-12-22)26(30)28(24-13-9-6-10-14-24)25-17-15-23(16-18-25)21(2)29/h5-18H,3-4,19-20H2,1-2H3. The Morgan fingerprint density at radius 3 is 1.90 bits per heavy atom. The lowest BCUT2D eigenvalue weighted by Crippen LogP contribution is -2.41. The van der Waals surface area contributed by atoms with Crippen molar-refractivity contribution in [3.63, 3.8) is 0 Å². The smallest absolute Gasteiger partial charge is 0.320 e. The number of nitrogens with zero attached hydrogens (tertiary/aromatic N) is 2. The SMILES string of the molecule is CCCCN(Cc1ccccc1)C(=O)N(c1ccccc1)c1ccc(C(C)=O)cc1. The Hall–Kier alpha value is -3.40. The van der Waals surface area contributed by atoms with Crippen LogP contribution < -0.4 is 4.90 Å². The fourth-order valence-electron chi connectivity index (χ4n) is 3.33. The zero-order valence-electron chi connectivity index (χ0n) is 17.6. The summed E-state index contributed by atoms with van der Waals surface area (Å²) in [4.78, 5) is 29.0. The first-order chi connectivity index (χ1) is 14.6. The highest BCUT2D eigenvalue weighted by molar-refractivity contribution is 6.00. The van der Waals surface area contributed by atoms with Crippen LogP contribution >= 0.6 is 0 Å². The molecule has 2 amide bonds. The van der Waals surface area contributed by atoms with Crippen molar-refractivity contribution in [2.75, 3.05) is 11.4 Å². The highest BCUT2D eigenvalue weighted by Gasteiger charge is 2.24. The molecule has 0 saturated heterocycles. The lowest BCUT2D eigenvalue weighted by molar-refractivity contribution is 0.101. The lowest BCUT2D eigenvalue weighted by atomic mass is 10.1. The van der Waals surface area contributed by atoms with Gasteiger partial charge in [0.25, 0.3) is 0 Å². The van der Waals surface area contributed by atoms with Crippen LogP contribution in [-0.2, 0) is 6.54 Å². The maximum atomic E-state index is 13.8. The quantitative estimate of drug-likeness (QED) is 0.408. The number of amides is 2. The molecule has 0 radical (unpaired) electrons. The van der Waals surface area contributed by atoms with Gasteiger partial charge in [0.1, 0.15) is 0 Å². The van der Waals surface area contributed by atoms with Crippen LogP contribution in [0.2, 0.25) is 0 Å². The van der Waals surface area contributed by atoms with Gasteiger partial charge in [-0.25, -0.2) is 4.79 Å². The van der Waals surface area contributed by atoms with Crippen LogP contribution in [0.3, 0.4) is 0 Å². The molecule has 0 aromatic heterocycles. The number of hydrogen-bond donors (Lipinski definition) is 0. The lowest BCUT2D eigenvalue weighted by Gasteiger charge is -2.31. The molecule has 4 nitrogen and oxygen atoms in total. The number of urea groups is 1. The summed E-state index contributed by atoms with van der Waals surface area (Å²) in [5.74, 6) is 0.00721. The fourth-order valence-corrected chi connectivity index (χ4v) is 3.33. The average molecular weight is 401 g/mol. The van der Waals surface area contributed by atoms with Gasteiger partial charge in [0.2, 0.25) is 0 Å². The second-order valence-electron chi connectivity index (χ2n) is 7.32. The van der Waals surface area contributed by atoms with Gasteiger partial charge in [-0.1, -0.05) is 61.9 Å². The summed E-state index contributed by atoms with van der Waals surface area (Å²) in [7, 11) is 0. The Morgan fingerprint density at radius 2 is 1.33 bits per heavy atom. The number of Topliss-reactive ketones (excluding diaryl/α,β-unsaturated/α-hetero) is 1. The minimum absolute atomic E-state index is 0.00721. The molecule has 4 heteroatoms. The van der Waals surface area contributed by atoms with Crippen LogP contribution in [-0.4, -0.2) is 23.3 Å². The molecule has 3 aromatic rings. The fraction of sp³-hybridized carbons (Fsp3) is 0.231. The van der Waals surface area contributed by atoms with Crippen LogP contribution in [0.25, 0.3) is 0 Å². The van der Waals surface area contributed by atoms with Crippen molar-refractivity contribution in [1.82, 2.24) is 4.90 Å². The number of carbonyl (C=O) groups is 2. The van der Waals surface area contributed by atoms with Crippen LogP contribution in [0, 0.1) is 0 Å². The van der Waals surface area contributed by atoms with E-state index in [1.165, 1.54) is 0 Å². The molecule has 3 rings (SSSR count). The number of rotatable bonds is 8. The summed E-state index contributed by atoms with van der Waals surface area (Å²) < 4.78 is 0. The molecule has 0 N–H and O–H groups in total. The number of benzene rings is 3. The van der Waals surface area contributed by atoms with Crippen molar-refractivity contribution in [1.29, 1.82) is 0 Å². The van der Waals surface area contributed by atoms with E-state index in [9.17, 15) is 9.59 Å². The first-order valence-electron chi connectivity index (χ1n) is 10.4. The normalized spacial score (nSPS) is 10.5. The summed E-state index contributed by atoms with van der Waals surface area (Å²) in [6.45, 7) is 4.90. The molecule has 30 heavy (non-hydrogen) atoms. The molecule has 0 unspecified atom stereocenters. The van der Waals surface area contributed by atoms with E-state index in [0.717, 1.165) is 29.8 Å². The van der Waals surface area contributed by atoms with Gasteiger partial charge < -0.3 is 4.90 Å². The van der Waals surface area contributed by atoms with Crippen LogP contribution in [0.4, 0.5) is 16.2 Å². The Labute approximate surface area is 178 Å². The van der Waals surface area contributed by atoms with E-state index in [1.807, 2.05) is 77.7 Å². The topological polar surface area (TPSA) is 40.6 Å². The van der Waals surface area contributed by atoms with Crippen molar-refractivity contribution >= 4 is 23.2 Å². The molecule has 0 saturated carbocycles. The van der Waals surface area contributed by atoms with Gasteiger partial charge in [0.05, 0.1) is 11.4 Å². The van der Waals surface area contributed by atoms with E-state index >= 15 is 0 Å². The van der Waals surface area contributed by atoms with Crippen molar-refractivity contribution < 1.29 is 9.59 Å². The molecular weight excluding hydrogens is 372 g/mol. The second-order valence-corrected chi connectivity index (χ2v) is 7.32. The number of carbonyl (C=O) groups excluding carboxylic acids is 2. The molecule has 0 fully saturated rings. The van der Waals surface area contributed by atoms with E-state index in [-0.39, 0.29) is 11.8 Å². The van der Waals surface area contributed by atoms with Crippen LogP contribution in [0.5, 0.6) is 0 Å². The van der Waals surface area contributed by atoms with Gasteiger partial charge in [0.15, 0.2) is 5.78 Å². The predicted molar refractivity (Wildman–Crippen MR) is 122 cm³/mol. The first-order valence-corrected chi connectivity index (χ1v) is 10.4. The zero-order valence-corrected chi connectivity index (χ0v) is 17.6. The van der Waals surface area contributed by atoms with Crippen molar-refractivity contribution in [3.05, 3.63) is 96.1 Å². The summed E-state index contributed by atoms with van der Waals surface area (Å²) in [6, 6.07) is 26.8. The van der Waals surface area contributed by atoms with Crippen LogP contribution in [0.15, 0.2) is 84.9 Å². The summed E-state index contributed by atoms with van der Waals surface area (Å²) in [5.41, 5.74) is 3.27. The maximum Gasteiger partial charge on any atom is 0.329 e. The molecule has 0 heterocycles. The number of anilines is 2. The number of unbranched alkanes of at least 4 members (excludes halogenated alkanes) is 1. The predicted octanol–water partition coefficient (Wildman–Crippen LogP) is 6.45. The Balaban J connectivity index is 1.97. The molecular formula is C26H28N2O2. The maximum absolute atomic E-state index is 13.8. The van der Waals surface area contributed by atoms with Gasteiger partial charge >= 0.3 is 6.03 Å². The Morgan fingerprint density at radius 1 is 0.767 bits per heavy atom. The highest BCUT2D eigenvalue weighted by Crippen LogP contribution is 2.28. The summed E-state index contributed by atoms with van der Waals surface area (Å²) >= 11 is 0. The summed E-state index contributed by atoms with van der Waals surface area (Å²) in [6.07, 6.45) is 1.95. The molecule has 0 spiro atoms. The van der Waals surface area contributed by atoms with E-state index in [0.29, 0.717) is 18.7 Å². The van der Waals surface area contributed by atoms with Gasteiger partial charge in [0, 0.05) is 18.7 Å². The summed E-state index contributed by atoms with van der Waals surface area (Å²) in [5, 5.41) is 0. The third-order valence-electron chi connectivity index (χ3n) is 5.01. The van der Waals surface area contributed by atoms with Gasteiger partial charge in [-0.05, 0) is 55.3 Å². The highest BCUT2D eigenvalue weighted by atomic mass is 16.2. The van der Waals surface area contributed by atoms with Crippen LogP contribution in [0.1, 0.15) is 42.6 Å². The number of hydrogen-bond acceptors (Lipinski definition) is 2. The van der Waals surface area contributed by atoms with E-state index in [4.69, 9.17) is 0 Å². The van der Waals surface area contributed by atoms with E-state index < -0.39 is 0 Å². The molecule has 0 aliphatic rings. The molecule has 3 aromatic carbocycles. The van der Waals surface area contributed by atoms with Crippen molar-refractivity contribution in [2.24, 2.45) is 0 Å². The second kappa shape index (κ2) is 10.4. The average Bonchev–Trinajstić information content (AvgIpc) is 2.78.